The number of carbonyl (C=O) groups excluding carboxylic acids is 2. The average Bonchev–Trinajstić information content (AvgIpc) is 3.20. The first-order valence-corrected chi connectivity index (χ1v) is 10.7. The van der Waals surface area contributed by atoms with Crippen LogP contribution >= 0.6 is 0 Å². The maximum Gasteiger partial charge on any atom is 0.271 e. The van der Waals surface area contributed by atoms with Gasteiger partial charge in [0.25, 0.3) is 11.8 Å². The molecule has 0 radical (unpaired) electrons. The highest BCUT2D eigenvalue weighted by Crippen LogP contribution is 2.45. The molecule has 3 rings (SSSR count). The van der Waals surface area contributed by atoms with Crippen LogP contribution in [0.2, 0.25) is 0 Å². The van der Waals surface area contributed by atoms with Crippen molar-refractivity contribution in [1.29, 1.82) is 0 Å². The number of rotatable bonds is 9. The van der Waals surface area contributed by atoms with E-state index < -0.39 is 0 Å². The predicted octanol–water partition coefficient (Wildman–Crippen LogP) is 3.80. The first-order valence-electron chi connectivity index (χ1n) is 10.7. The van der Waals surface area contributed by atoms with E-state index in [1.165, 1.54) is 12.8 Å². The highest BCUT2D eigenvalue weighted by molar-refractivity contribution is 5.98. The van der Waals surface area contributed by atoms with Crippen molar-refractivity contribution in [3.63, 3.8) is 0 Å². The van der Waals surface area contributed by atoms with Crippen molar-refractivity contribution in [2.75, 3.05) is 7.05 Å². The lowest BCUT2D eigenvalue weighted by Gasteiger charge is -2.16. The van der Waals surface area contributed by atoms with E-state index in [4.69, 9.17) is 0 Å². The van der Waals surface area contributed by atoms with Gasteiger partial charge in [0.1, 0.15) is 5.69 Å². The molecule has 1 aromatic carbocycles. The number of unbranched alkanes of at least 4 members (excludes halogenated alkanes) is 1. The summed E-state index contributed by atoms with van der Waals surface area (Å²) in [5.74, 6) is 0.659. The monoisotopic (exact) mass is 396 g/mol. The molecule has 1 fully saturated rings. The maximum absolute atomic E-state index is 13.2. The van der Waals surface area contributed by atoms with Gasteiger partial charge < -0.3 is 10.6 Å². The van der Waals surface area contributed by atoms with E-state index in [0.29, 0.717) is 17.5 Å². The SMILES string of the molecule is CCCCC1C(CC)C1NC(=O)c1cc(C(=O)NC)nn1C(C)c1ccccc1. The first kappa shape index (κ1) is 21.1. The van der Waals surface area contributed by atoms with Crippen LogP contribution in [0.3, 0.4) is 0 Å². The van der Waals surface area contributed by atoms with Gasteiger partial charge in [-0.25, -0.2) is 0 Å². The molecule has 29 heavy (non-hydrogen) atoms. The van der Waals surface area contributed by atoms with Crippen molar-refractivity contribution in [3.8, 4) is 0 Å². The van der Waals surface area contributed by atoms with E-state index in [-0.39, 0.29) is 29.6 Å². The van der Waals surface area contributed by atoms with Crippen LogP contribution in [0.5, 0.6) is 0 Å². The smallest absolute Gasteiger partial charge is 0.271 e. The zero-order valence-electron chi connectivity index (χ0n) is 17.8. The number of amides is 2. The summed E-state index contributed by atoms with van der Waals surface area (Å²) in [5.41, 5.74) is 1.72. The number of nitrogens with one attached hydrogen (secondary N) is 2. The molecule has 0 spiro atoms. The summed E-state index contributed by atoms with van der Waals surface area (Å²) in [6, 6.07) is 11.5. The van der Waals surface area contributed by atoms with Gasteiger partial charge in [-0.3, -0.25) is 14.3 Å². The van der Waals surface area contributed by atoms with E-state index in [0.717, 1.165) is 18.4 Å². The minimum absolute atomic E-state index is 0.155. The second kappa shape index (κ2) is 9.25. The molecule has 1 aromatic heterocycles. The van der Waals surface area contributed by atoms with Crippen LogP contribution < -0.4 is 10.6 Å². The van der Waals surface area contributed by atoms with Crippen molar-refractivity contribution in [2.24, 2.45) is 11.8 Å². The van der Waals surface area contributed by atoms with Crippen LogP contribution in [0.4, 0.5) is 0 Å². The van der Waals surface area contributed by atoms with Crippen LogP contribution in [-0.2, 0) is 0 Å². The van der Waals surface area contributed by atoms with Gasteiger partial charge in [-0.1, -0.05) is 63.4 Å². The Hall–Kier alpha value is -2.63. The van der Waals surface area contributed by atoms with Gasteiger partial charge in [-0.2, -0.15) is 5.10 Å². The van der Waals surface area contributed by atoms with E-state index in [9.17, 15) is 9.59 Å². The number of carbonyl (C=O) groups is 2. The fourth-order valence-corrected chi connectivity index (χ4v) is 4.25. The Bertz CT molecular complexity index is 846. The van der Waals surface area contributed by atoms with Crippen LogP contribution in [0, 0.1) is 11.8 Å². The molecule has 1 heterocycles. The highest BCUT2D eigenvalue weighted by Gasteiger charge is 2.49. The van der Waals surface area contributed by atoms with Crippen LogP contribution in [-0.4, -0.2) is 34.7 Å². The lowest BCUT2D eigenvalue weighted by atomic mass is 10.1. The van der Waals surface area contributed by atoms with Gasteiger partial charge in [-0.15, -0.1) is 0 Å². The molecule has 4 atom stereocenters. The second-order valence-corrected chi connectivity index (χ2v) is 7.90. The largest absolute Gasteiger partial charge is 0.354 e. The third kappa shape index (κ3) is 4.52. The van der Waals surface area contributed by atoms with Crippen LogP contribution in [0.15, 0.2) is 36.4 Å². The molecule has 0 saturated heterocycles. The lowest BCUT2D eigenvalue weighted by Crippen LogP contribution is -2.30. The molecule has 2 aromatic rings. The summed E-state index contributed by atoms with van der Waals surface area (Å²) >= 11 is 0. The lowest BCUT2D eigenvalue weighted by molar-refractivity contribution is 0.0932. The quantitative estimate of drug-likeness (QED) is 0.677. The Morgan fingerprint density at radius 1 is 1.14 bits per heavy atom. The summed E-state index contributed by atoms with van der Waals surface area (Å²) in [7, 11) is 1.57. The minimum Gasteiger partial charge on any atom is -0.354 e. The Labute approximate surface area is 173 Å². The molecular weight excluding hydrogens is 364 g/mol. The molecule has 0 bridgehead atoms. The number of aromatic nitrogens is 2. The fourth-order valence-electron chi connectivity index (χ4n) is 4.25. The van der Waals surface area contributed by atoms with Crippen LogP contribution in [0.1, 0.15) is 79.0 Å². The second-order valence-electron chi connectivity index (χ2n) is 7.90. The van der Waals surface area contributed by atoms with E-state index >= 15 is 0 Å². The molecule has 1 aliphatic rings. The Morgan fingerprint density at radius 3 is 2.48 bits per heavy atom. The third-order valence-electron chi connectivity index (χ3n) is 6.07. The third-order valence-corrected chi connectivity index (χ3v) is 6.07. The van der Waals surface area contributed by atoms with Crippen LogP contribution in [0.25, 0.3) is 0 Å². The molecule has 1 saturated carbocycles. The van der Waals surface area contributed by atoms with Gasteiger partial charge in [0.2, 0.25) is 0 Å². The number of hydrogen-bond acceptors (Lipinski definition) is 3. The highest BCUT2D eigenvalue weighted by atomic mass is 16.2. The molecule has 2 N–H and O–H groups in total. The fraction of sp³-hybridized carbons (Fsp3) is 0.522. The Kier molecular flexibility index (Phi) is 6.72. The maximum atomic E-state index is 13.2. The van der Waals surface area contributed by atoms with Crippen molar-refractivity contribution in [2.45, 2.75) is 58.5 Å². The predicted molar refractivity (Wildman–Crippen MR) is 114 cm³/mol. The van der Waals surface area contributed by atoms with Gasteiger partial charge in [0, 0.05) is 19.2 Å². The van der Waals surface area contributed by atoms with Gasteiger partial charge in [-0.05, 0) is 30.7 Å². The normalized spacial score (nSPS) is 21.4. The first-order chi connectivity index (χ1) is 14.0. The zero-order chi connectivity index (χ0) is 21.0. The molecule has 4 unspecified atom stereocenters. The van der Waals surface area contributed by atoms with E-state index in [1.807, 2.05) is 37.3 Å². The van der Waals surface area contributed by atoms with Crippen molar-refractivity contribution in [1.82, 2.24) is 20.4 Å². The molecule has 2 amide bonds. The summed E-state index contributed by atoms with van der Waals surface area (Å²) in [6.07, 6.45) is 4.59. The minimum atomic E-state index is -0.295. The Morgan fingerprint density at radius 2 is 1.86 bits per heavy atom. The molecule has 6 nitrogen and oxygen atoms in total. The van der Waals surface area contributed by atoms with E-state index in [2.05, 4.69) is 29.6 Å². The molecule has 156 valence electrons. The van der Waals surface area contributed by atoms with E-state index in [1.54, 1.807) is 17.8 Å². The molecule has 0 aliphatic heterocycles. The van der Waals surface area contributed by atoms with Crippen molar-refractivity contribution < 1.29 is 9.59 Å². The molecule has 6 heteroatoms. The number of benzene rings is 1. The van der Waals surface area contributed by atoms with Crippen molar-refractivity contribution >= 4 is 11.8 Å². The number of nitrogens with zero attached hydrogens (tertiary/aromatic N) is 2. The van der Waals surface area contributed by atoms with Gasteiger partial charge in [0.05, 0.1) is 6.04 Å². The zero-order valence-corrected chi connectivity index (χ0v) is 17.8. The molecule has 1 aliphatic carbocycles. The standard InChI is InChI=1S/C23H32N4O2/c1-5-7-13-18-17(6-2)21(18)25-23(29)20-14-19(22(28)24-4)26-27(20)15(3)16-11-9-8-10-12-16/h8-12,14-15,17-18,21H,5-7,13H2,1-4H3,(H,24,28)(H,25,29). The summed E-state index contributed by atoms with van der Waals surface area (Å²) in [6.45, 7) is 6.37. The van der Waals surface area contributed by atoms with Crippen molar-refractivity contribution in [3.05, 3.63) is 53.3 Å². The summed E-state index contributed by atoms with van der Waals surface area (Å²) in [5, 5.41) is 10.3. The summed E-state index contributed by atoms with van der Waals surface area (Å²) < 4.78 is 1.67. The average molecular weight is 397 g/mol. The number of hydrogen-bond donors (Lipinski definition) is 2. The van der Waals surface area contributed by atoms with Gasteiger partial charge >= 0.3 is 0 Å². The summed E-state index contributed by atoms with van der Waals surface area (Å²) in [4.78, 5) is 25.3. The topological polar surface area (TPSA) is 76.0 Å². The van der Waals surface area contributed by atoms with Gasteiger partial charge in [0.15, 0.2) is 5.69 Å². The Balaban J connectivity index is 1.84. The molecular formula is C23H32N4O2.